The Morgan fingerprint density at radius 3 is 2.76 bits per heavy atom. The highest BCUT2D eigenvalue weighted by Gasteiger charge is 2.35. The number of halogens is 1. The third-order valence-electron chi connectivity index (χ3n) is 4.21. The van der Waals surface area contributed by atoms with E-state index in [2.05, 4.69) is 10.1 Å². The van der Waals surface area contributed by atoms with Crippen LogP contribution in [0.2, 0.25) is 0 Å². The van der Waals surface area contributed by atoms with Crippen LogP contribution in [0.25, 0.3) is 0 Å². The van der Waals surface area contributed by atoms with Crippen molar-refractivity contribution in [2.24, 2.45) is 5.73 Å². The van der Waals surface area contributed by atoms with Gasteiger partial charge < -0.3 is 15.0 Å². The van der Waals surface area contributed by atoms with E-state index in [9.17, 15) is 0 Å². The summed E-state index contributed by atoms with van der Waals surface area (Å²) in [7, 11) is 0. The predicted octanol–water partition coefficient (Wildman–Crippen LogP) is 3.02. The summed E-state index contributed by atoms with van der Waals surface area (Å²) in [5.74, 6) is 3.14. The number of hydrogen-bond donors (Lipinski definition) is 1. The summed E-state index contributed by atoms with van der Waals surface area (Å²) in [6.07, 6.45) is 8.31. The first-order valence-electron chi connectivity index (χ1n) is 7.58. The van der Waals surface area contributed by atoms with Crippen LogP contribution in [0.1, 0.15) is 56.7 Å². The van der Waals surface area contributed by atoms with Crippen LogP contribution in [0.15, 0.2) is 4.52 Å². The van der Waals surface area contributed by atoms with Crippen LogP contribution >= 0.6 is 24.2 Å². The fraction of sp³-hybridized carbons (Fsp3) is 0.857. The summed E-state index contributed by atoms with van der Waals surface area (Å²) in [5.41, 5.74) is 5.98. The summed E-state index contributed by atoms with van der Waals surface area (Å²) in [6.45, 7) is 0.908. The van der Waals surface area contributed by atoms with E-state index in [0.717, 1.165) is 43.8 Å². The van der Waals surface area contributed by atoms with Gasteiger partial charge in [-0.15, -0.1) is 24.2 Å². The van der Waals surface area contributed by atoms with E-state index in [1.807, 2.05) is 0 Å². The zero-order valence-corrected chi connectivity index (χ0v) is 13.9. The number of thioether (sulfide) groups is 1. The summed E-state index contributed by atoms with van der Waals surface area (Å²) >= 11 is 1.81. The molecule has 0 amide bonds. The molecule has 0 aromatic carbocycles. The molecule has 5 nitrogen and oxygen atoms in total. The van der Waals surface area contributed by atoms with E-state index < -0.39 is 0 Å². The lowest BCUT2D eigenvalue weighted by Crippen LogP contribution is -2.34. The number of nitrogens with zero attached hydrogens (tertiary/aromatic N) is 2. The molecule has 2 heterocycles. The molecule has 0 radical (unpaired) electrons. The van der Waals surface area contributed by atoms with Gasteiger partial charge in [-0.25, -0.2) is 0 Å². The Morgan fingerprint density at radius 2 is 2.05 bits per heavy atom. The van der Waals surface area contributed by atoms with Crippen LogP contribution in [-0.4, -0.2) is 28.6 Å². The van der Waals surface area contributed by atoms with Crippen molar-refractivity contribution < 1.29 is 9.26 Å². The molecule has 1 aliphatic carbocycles. The van der Waals surface area contributed by atoms with Gasteiger partial charge in [-0.05, 0) is 32.1 Å². The van der Waals surface area contributed by atoms with Gasteiger partial charge in [-0.1, -0.05) is 18.0 Å². The van der Waals surface area contributed by atoms with Crippen molar-refractivity contribution in [1.82, 2.24) is 10.1 Å². The Kier molecular flexibility index (Phi) is 6.34. The Labute approximate surface area is 136 Å². The van der Waals surface area contributed by atoms with Crippen molar-refractivity contribution in [1.29, 1.82) is 0 Å². The average molecular weight is 334 g/mol. The fourth-order valence-electron chi connectivity index (χ4n) is 2.96. The van der Waals surface area contributed by atoms with Gasteiger partial charge in [-0.3, -0.25) is 0 Å². The molecule has 0 bridgehead atoms. The van der Waals surface area contributed by atoms with Gasteiger partial charge in [0.25, 0.3) is 0 Å². The predicted molar refractivity (Wildman–Crippen MR) is 85.6 cm³/mol. The molecule has 2 N–H and O–H groups in total. The van der Waals surface area contributed by atoms with E-state index >= 15 is 0 Å². The average Bonchev–Trinajstić information content (AvgIpc) is 3.10. The first-order valence-corrected chi connectivity index (χ1v) is 8.73. The van der Waals surface area contributed by atoms with Crippen LogP contribution in [-0.2, 0) is 16.0 Å². The number of ether oxygens (including phenoxy) is 1. The second kappa shape index (κ2) is 7.81. The molecular weight excluding hydrogens is 310 g/mol. The molecule has 1 aromatic heterocycles. The Hall–Kier alpha value is -0.300. The summed E-state index contributed by atoms with van der Waals surface area (Å²) in [5, 5.41) is 4.08. The molecule has 21 heavy (non-hydrogen) atoms. The smallest absolute Gasteiger partial charge is 0.236 e. The Bertz CT molecular complexity index is 432. The molecule has 1 aliphatic heterocycles. The van der Waals surface area contributed by atoms with Crippen LogP contribution < -0.4 is 5.73 Å². The highest BCUT2D eigenvalue weighted by Crippen LogP contribution is 2.34. The minimum atomic E-state index is -0.348. The zero-order valence-electron chi connectivity index (χ0n) is 12.3. The molecule has 1 aromatic rings. The lowest BCUT2D eigenvalue weighted by Gasteiger charge is -2.21. The van der Waals surface area contributed by atoms with Crippen molar-refractivity contribution in [3.63, 3.8) is 0 Å². The third-order valence-corrected chi connectivity index (χ3v) is 5.27. The molecule has 1 saturated heterocycles. The zero-order chi connectivity index (χ0) is 13.8. The van der Waals surface area contributed by atoms with Crippen LogP contribution in [0.5, 0.6) is 0 Å². The Balaban J connectivity index is 0.00000161. The van der Waals surface area contributed by atoms with Gasteiger partial charge in [-0.2, -0.15) is 4.98 Å². The highest BCUT2D eigenvalue weighted by molar-refractivity contribution is 7.98. The van der Waals surface area contributed by atoms with Crippen molar-refractivity contribution in [2.75, 3.05) is 12.4 Å². The van der Waals surface area contributed by atoms with E-state index in [1.54, 1.807) is 11.8 Å². The van der Waals surface area contributed by atoms with Crippen molar-refractivity contribution >= 4 is 24.2 Å². The summed E-state index contributed by atoms with van der Waals surface area (Å²) in [4.78, 5) is 4.48. The molecule has 1 unspecified atom stereocenters. The van der Waals surface area contributed by atoms with Gasteiger partial charge in [0, 0.05) is 12.4 Å². The largest absolute Gasteiger partial charge is 0.377 e. The number of aromatic nitrogens is 2. The maximum Gasteiger partial charge on any atom is 0.236 e. The lowest BCUT2D eigenvalue weighted by molar-refractivity contribution is 0.0315. The highest BCUT2D eigenvalue weighted by atomic mass is 35.5. The number of hydrogen-bond acceptors (Lipinski definition) is 6. The monoisotopic (exact) mass is 333 g/mol. The minimum Gasteiger partial charge on any atom is -0.377 e. The number of nitrogens with two attached hydrogens (primary N) is 1. The second-order valence-electron chi connectivity index (χ2n) is 5.88. The summed E-state index contributed by atoms with van der Waals surface area (Å²) < 4.78 is 11.0. The van der Waals surface area contributed by atoms with Gasteiger partial charge in [0.1, 0.15) is 0 Å². The molecular formula is C14H24ClN3O2S. The number of rotatable bonds is 5. The molecule has 2 fully saturated rings. The SMILES string of the molecule is Cl.NC1(c2noc(CSCC3CCCCO3)n2)CCCC1. The van der Waals surface area contributed by atoms with Crippen LogP contribution in [0, 0.1) is 0 Å². The maximum absolute atomic E-state index is 6.33. The second-order valence-corrected chi connectivity index (χ2v) is 6.91. The Morgan fingerprint density at radius 1 is 1.24 bits per heavy atom. The third kappa shape index (κ3) is 4.34. The molecule has 3 rings (SSSR count). The molecule has 1 atom stereocenters. The van der Waals surface area contributed by atoms with Crippen molar-refractivity contribution in [3.8, 4) is 0 Å². The van der Waals surface area contributed by atoms with Crippen LogP contribution in [0.3, 0.4) is 0 Å². The maximum atomic E-state index is 6.33. The van der Waals surface area contributed by atoms with E-state index in [-0.39, 0.29) is 17.9 Å². The quantitative estimate of drug-likeness (QED) is 0.892. The van der Waals surface area contributed by atoms with Crippen molar-refractivity contribution in [3.05, 3.63) is 11.7 Å². The first kappa shape index (κ1) is 17.1. The van der Waals surface area contributed by atoms with E-state index in [1.165, 1.54) is 19.3 Å². The minimum absolute atomic E-state index is 0. The molecule has 1 saturated carbocycles. The molecule has 2 aliphatic rings. The van der Waals surface area contributed by atoms with Gasteiger partial charge in [0.2, 0.25) is 5.89 Å². The molecule has 0 spiro atoms. The first-order chi connectivity index (χ1) is 9.76. The molecule has 7 heteroatoms. The standard InChI is InChI=1S/C14H23N3O2S.ClH/c15-14(6-2-3-7-14)13-16-12(19-17-13)10-20-9-11-5-1-4-8-18-11;/h11H,1-10,15H2;1H. The van der Waals surface area contributed by atoms with Gasteiger partial charge in [0.15, 0.2) is 5.82 Å². The lowest BCUT2D eigenvalue weighted by atomic mass is 9.99. The van der Waals surface area contributed by atoms with Crippen molar-refractivity contribution in [2.45, 2.75) is 62.3 Å². The van der Waals surface area contributed by atoms with Crippen LogP contribution in [0.4, 0.5) is 0 Å². The molecule has 120 valence electrons. The topological polar surface area (TPSA) is 74.2 Å². The summed E-state index contributed by atoms with van der Waals surface area (Å²) in [6, 6.07) is 0. The van der Waals surface area contributed by atoms with E-state index in [0.29, 0.717) is 17.8 Å². The fourth-order valence-corrected chi connectivity index (χ4v) is 3.90. The van der Waals surface area contributed by atoms with Gasteiger partial charge in [0.05, 0.1) is 17.4 Å². The normalized spacial score (nSPS) is 24.7. The van der Waals surface area contributed by atoms with E-state index in [4.69, 9.17) is 15.0 Å². The van der Waals surface area contributed by atoms with Gasteiger partial charge >= 0.3 is 0 Å².